The Morgan fingerprint density at radius 3 is 2.55 bits per heavy atom. The molecule has 0 atom stereocenters. The van der Waals surface area contributed by atoms with Crippen LogP contribution in [0.25, 0.3) is 0 Å². The highest BCUT2D eigenvalue weighted by Gasteiger charge is 2.23. The fraction of sp³-hybridized carbons (Fsp3) is 0.417. The summed E-state index contributed by atoms with van der Waals surface area (Å²) in [5, 5.41) is 4.72. The first-order chi connectivity index (χ1) is 9.46. The number of nitrogens with two attached hydrogens (primary N) is 1. The monoisotopic (exact) mass is 300 g/mol. The molecule has 2 rings (SSSR count). The van der Waals surface area contributed by atoms with E-state index in [-0.39, 0.29) is 12.7 Å². The van der Waals surface area contributed by atoms with Crippen LogP contribution in [0, 0.1) is 0 Å². The lowest BCUT2D eigenvalue weighted by Crippen LogP contribution is -2.23. The summed E-state index contributed by atoms with van der Waals surface area (Å²) >= 11 is 0. The summed E-state index contributed by atoms with van der Waals surface area (Å²) in [5.74, 6) is 0. The fourth-order valence-electron chi connectivity index (χ4n) is 1.92. The number of amides is 1. The van der Waals surface area contributed by atoms with Crippen molar-refractivity contribution in [1.82, 2.24) is 0 Å². The van der Waals surface area contributed by atoms with Crippen molar-refractivity contribution in [2.45, 2.75) is 12.8 Å². The summed E-state index contributed by atoms with van der Waals surface area (Å²) in [4.78, 5) is 12.9. The number of ether oxygens (including phenoxy) is 1. The maximum atomic E-state index is 11.4. The second-order valence-corrected chi connectivity index (χ2v) is 5.57. The second-order valence-electron chi connectivity index (χ2n) is 4.35. The van der Waals surface area contributed by atoms with E-state index in [0.29, 0.717) is 26.0 Å². The van der Waals surface area contributed by atoms with Gasteiger partial charge in [0.1, 0.15) is 6.61 Å². The lowest BCUT2D eigenvalue weighted by molar-refractivity contribution is 0.181. The van der Waals surface area contributed by atoms with Crippen LogP contribution in [-0.4, -0.2) is 34.3 Å². The Kier molecular flexibility index (Phi) is 4.58. The molecule has 20 heavy (non-hydrogen) atoms. The fourth-order valence-corrected chi connectivity index (χ4v) is 2.27. The van der Waals surface area contributed by atoms with E-state index in [1.165, 1.54) is 0 Å². The van der Waals surface area contributed by atoms with Crippen LogP contribution < -0.4 is 10.0 Å². The number of benzene rings is 1. The van der Waals surface area contributed by atoms with Gasteiger partial charge >= 0.3 is 16.4 Å². The number of anilines is 1. The van der Waals surface area contributed by atoms with Crippen molar-refractivity contribution in [1.29, 1.82) is 0 Å². The molecule has 110 valence electrons. The average Bonchev–Trinajstić information content (AvgIpc) is 2.81. The summed E-state index contributed by atoms with van der Waals surface area (Å²) in [6.45, 7) is 1.02. The van der Waals surface area contributed by atoms with Gasteiger partial charge in [0.05, 0.1) is 13.2 Å². The van der Waals surface area contributed by atoms with Gasteiger partial charge in [0.2, 0.25) is 0 Å². The molecule has 1 aliphatic rings. The van der Waals surface area contributed by atoms with E-state index in [9.17, 15) is 13.2 Å². The highest BCUT2D eigenvalue weighted by atomic mass is 32.2. The summed E-state index contributed by atoms with van der Waals surface area (Å²) in [7, 11) is -3.86. The number of nitrogens with zero attached hydrogens (tertiary/aromatic N) is 1. The van der Waals surface area contributed by atoms with Crippen molar-refractivity contribution in [3.05, 3.63) is 29.8 Å². The van der Waals surface area contributed by atoms with Gasteiger partial charge in [-0.2, -0.15) is 8.42 Å². The van der Waals surface area contributed by atoms with E-state index in [2.05, 4.69) is 4.18 Å². The summed E-state index contributed by atoms with van der Waals surface area (Å²) in [5.41, 5.74) is 1.82. The molecule has 1 heterocycles. The van der Waals surface area contributed by atoms with Gasteiger partial charge in [0, 0.05) is 5.69 Å². The predicted octanol–water partition coefficient (Wildman–Crippen LogP) is 0.796. The summed E-state index contributed by atoms with van der Waals surface area (Å²) in [6, 6.07) is 7.45. The third-order valence-corrected chi connectivity index (χ3v) is 3.36. The van der Waals surface area contributed by atoms with Crippen LogP contribution >= 0.6 is 0 Å². The molecule has 0 spiro atoms. The Balaban J connectivity index is 1.84. The van der Waals surface area contributed by atoms with Gasteiger partial charge in [-0.15, -0.1) is 0 Å². The van der Waals surface area contributed by atoms with Gasteiger partial charge in [-0.3, -0.25) is 9.08 Å². The Morgan fingerprint density at radius 1 is 1.30 bits per heavy atom. The van der Waals surface area contributed by atoms with Crippen molar-refractivity contribution in [3.63, 3.8) is 0 Å². The largest absolute Gasteiger partial charge is 0.447 e. The molecular formula is C12H16N2O5S. The number of hydrogen-bond acceptors (Lipinski definition) is 5. The first kappa shape index (κ1) is 14.8. The zero-order valence-electron chi connectivity index (χ0n) is 10.8. The maximum Gasteiger partial charge on any atom is 0.414 e. The standard InChI is InChI=1S/C12H16N2O5S/c13-20(16,17)19-8-1-2-10-3-5-11(6-4-10)14-7-9-18-12(14)15/h3-6H,1-2,7-9H2,(H2,13,16,17). The van der Waals surface area contributed by atoms with E-state index in [1.807, 2.05) is 24.3 Å². The van der Waals surface area contributed by atoms with Crippen molar-refractivity contribution in [2.24, 2.45) is 5.14 Å². The molecule has 1 aliphatic heterocycles. The molecule has 1 fully saturated rings. The van der Waals surface area contributed by atoms with Gasteiger partial charge in [-0.05, 0) is 30.5 Å². The Hall–Kier alpha value is -1.64. The van der Waals surface area contributed by atoms with Crippen LogP contribution in [0.15, 0.2) is 24.3 Å². The molecule has 1 saturated heterocycles. The van der Waals surface area contributed by atoms with Crippen molar-refractivity contribution in [2.75, 3.05) is 24.7 Å². The third-order valence-electron chi connectivity index (χ3n) is 2.87. The van der Waals surface area contributed by atoms with Gasteiger partial charge in [0.25, 0.3) is 0 Å². The zero-order chi connectivity index (χ0) is 14.6. The first-order valence-corrected chi connectivity index (χ1v) is 7.63. The molecule has 0 aromatic heterocycles. The van der Waals surface area contributed by atoms with E-state index >= 15 is 0 Å². The Morgan fingerprint density at radius 2 is 2.00 bits per heavy atom. The van der Waals surface area contributed by atoms with Gasteiger partial charge < -0.3 is 4.74 Å². The number of carbonyl (C=O) groups is 1. The number of aryl methyl sites for hydroxylation is 1. The minimum Gasteiger partial charge on any atom is -0.447 e. The molecule has 1 aromatic carbocycles. The summed E-state index contributed by atoms with van der Waals surface area (Å²) < 4.78 is 30.5. The second kappa shape index (κ2) is 6.21. The van der Waals surface area contributed by atoms with Gasteiger partial charge in [0.15, 0.2) is 0 Å². The van der Waals surface area contributed by atoms with Crippen LogP contribution in [0.4, 0.5) is 10.5 Å². The van der Waals surface area contributed by atoms with Crippen molar-refractivity contribution < 1.29 is 22.1 Å². The molecule has 0 bridgehead atoms. The lowest BCUT2D eigenvalue weighted by atomic mass is 10.1. The molecule has 1 amide bonds. The Bertz CT molecular complexity index is 570. The number of cyclic esters (lactones) is 1. The van der Waals surface area contributed by atoms with Gasteiger partial charge in [-0.1, -0.05) is 12.1 Å². The molecule has 0 aliphatic carbocycles. The smallest absolute Gasteiger partial charge is 0.414 e. The van der Waals surface area contributed by atoms with Crippen molar-refractivity contribution >= 4 is 22.1 Å². The van der Waals surface area contributed by atoms with E-state index in [4.69, 9.17) is 9.88 Å². The molecule has 0 radical (unpaired) electrons. The zero-order valence-corrected chi connectivity index (χ0v) is 11.6. The van der Waals surface area contributed by atoms with Gasteiger partial charge in [-0.25, -0.2) is 9.93 Å². The topological polar surface area (TPSA) is 98.9 Å². The van der Waals surface area contributed by atoms with E-state index in [0.717, 1.165) is 11.3 Å². The average molecular weight is 300 g/mol. The van der Waals surface area contributed by atoms with Crippen LogP contribution in [-0.2, 0) is 25.6 Å². The Labute approximate surface area is 117 Å². The number of rotatable bonds is 6. The molecular weight excluding hydrogens is 284 g/mol. The first-order valence-electron chi connectivity index (χ1n) is 6.16. The maximum absolute atomic E-state index is 11.4. The minimum absolute atomic E-state index is 0.0546. The third kappa shape index (κ3) is 4.19. The normalized spacial score (nSPS) is 15.4. The SMILES string of the molecule is NS(=O)(=O)OCCCc1ccc(N2CCOC2=O)cc1. The highest BCUT2D eigenvalue weighted by molar-refractivity contribution is 7.84. The summed E-state index contributed by atoms with van der Waals surface area (Å²) in [6.07, 6.45) is 0.876. The van der Waals surface area contributed by atoms with Crippen LogP contribution in [0.2, 0.25) is 0 Å². The molecule has 0 unspecified atom stereocenters. The molecule has 8 heteroatoms. The molecule has 2 N–H and O–H groups in total. The molecule has 1 aromatic rings. The lowest BCUT2D eigenvalue weighted by Gasteiger charge is -2.13. The minimum atomic E-state index is -3.86. The number of hydrogen-bond donors (Lipinski definition) is 1. The van der Waals surface area contributed by atoms with Crippen LogP contribution in [0.5, 0.6) is 0 Å². The number of carbonyl (C=O) groups excluding carboxylic acids is 1. The van der Waals surface area contributed by atoms with E-state index < -0.39 is 10.3 Å². The highest BCUT2D eigenvalue weighted by Crippen LogP contribution is 2.19. The van der Waals surface area contributed by atoms with E-state index in [1.54, 1.807) is 4.90 Å². The molecule has 7 nitrogen and oxygen atoms in total. The molecule has 0 saturated carbocycles. The quantitative estimate of drug-likeness (QED) is 0.783. The van der Waals surface area contributed by atoms with Crippen LogP contribution in [0.3, 0.4) is 0 Å². The van der Waals surface area contributed by atoms with Crippen molar-refractivity contribution in [3.8, 4) is 0 Å². The van der Waals surface area contributed by atoms with Crippen LogP contribution in [0.1, 0.15) is 12.0 Å². The predicted molar refractivity (Wildman–Crippen MR) is 72.5 cm³/mol.